The standard InChI is InChI=1S/C8H10F2N2O4/c9-8(10)6(13)4-11-3-5-1-2-7(16-5)12(14)15/h1-2,6,8,11,13H,3-4H2. The fourth-order valence-corrected chi connectivity index (χ4v) is 0.992. The van der Waals surface area contributed by atoms with Gasteiger partial charge < -0.3 is 14.8 Å². The van der Waals surface area contributed by atoms with Crippen molar-refractivity contribution < 1.29 is 23.2 Å². The molecule has 1 unspecified atom stereocenters. The smallest absolute Gasteiger partial charge is 0.404 e. The van der Waals surface area contributed by atoms with Gasteiger partial charge in [0.05, 0.1) is 12.6 Å². The van der Waals surface area contributed by atoms with E-state index in [0.717, 1.165) is 0 Å². The third kappa shape index (κ3) is 3.55. The van der Waals surface area contributed by atoms with Crippen LogP contribution in [0.3, 0.4) is 0 Å². The number of nitrogens with one attached hydrogen (secondary N) is 1. The van der Waals surface area contributed by atoms with Crippen molar-refractivity contribution in [3.8, 4) is 0 Å². The van der Waals surface area contributed by atoms with Gasteiger partial charge in [0.15, 0.2) is 0 Å². The van der Waals surface area contributed by atoms with Gasteiger partial charge in [-0.15, -0.1) is 0 Å². The fraction of sp³-hybridized carbons (Fsp3) is 0.500. The van der Waals surface area contributed by atoms with Crippen LogP contribution >= 0.6 is 0 Å². The monoisotopic (exact) mass is 236 g/mol. The van der Waals surface area contributed by atoms with Crippen LogP contribution in [0.25, 0.3) is 0 Å². The first-order chi connectivity index (χ1) is 7.50. The van der Waals surface area contributed by atoms with E-state index in [9.17, 15) is 18.9 Å². The molecule has 0 aliphatic rings. The molecular weight excluding hydrogens is 226 g/mol. The highest BCUT2D eigenvalue weighted by Crippen LogP contribution is 2.15. The van der Waals surface area contributed by atoms with E-state index in [1.54, 1.807) is 0 Å². The summed E-state index contributed by atoms with van der Waals surface area (Å²) >= 11 is 0. The first-order valence-corrected chi connectivity index (χ1v) is 4.40. The normalized spacial score (nSPS) is 13.0. The number of nitro groups is 1. The highest BCUT2D eigenvalue weighted by molar-refractivity contribution is 5.17. The Balaban J connectivity index is 2.35. The van der Waals surface area contributed by atoms with Crippen molar-refractivity contribution in [2.45, 2.75) is 19.1 Å². The van der Waals surface area contributed by atoms with Gasteiger partial charge in [0.2, 0.25) is 0 Å². The van der Waals surface area contributed by atoms with E-state index in [4.69, 9.17) is 9.52 Å². The van der Waals surface area contributed by atoms with Crippen LogP contribution in [-0.4, -0.2) is 29.1 Å². The Bertz CT molecular complexity index is 356. The molecule has 1 aromatic rings. The van der Waals surface area contributed by atoms with Crippen LogP contribution in [0, 0.1) is 10.1 Å². The summed E-state index contributed by atoms with van der Waals surface area (Å²) in [5.74, 6) is -0.167. The summed E-state index contributed by atoms with van der Waals surface area (Å²) in [4.78, 5) is 9.54. The molecule has 1 atom stereocenters. The zero-order valence-electron chi connectivity index (χ0n) is 8.10. The lowest BCUT2D eigenvalue weighted by Gasteiger charge is -2.08. The summed E-state index contributed by atoms with van der Waals surface area (Å²) < 4.78 is 28.5. The van der Waals surface area contributed by atoms with Crippen LogP contribution in [0.15, 0.2) is 16.5 Å². The maximum Gasteiger partial charge on any atom is 0.433 e. The highest BCUT2D eigenvalue weighted by Gasteiger charge is 2.16. The minimum absolute atomic E-state index is 0.0393. The molecule has 0 saturated carbocycles. The third-order valence-corrected chi connectivity index (χ3v) is 1.77. The number of aliphatic hydroxyl groups is 1. The Kier molecular flexibility index (Phi) is 4.32. The molecule has 0 aliphatic heterocycles. The van der Waals surface area contributed by atoms with Gasteiger partial charge in [-0.3, -0.25) is 10.1 Å². The molecule has 1 rings (SSSR count). The van der Waals surface area contributed by atoms with Gasteiger partial charge in [-0.25, -0.2) is 8.78 Å². The lowest BCUT2D eigenvalue weighted by atomic mass is 10.3. The Labute approximate surface area is 89.0 Å². The second-order valence-electron chi connectivity index (χ2n) is 3.03. The topological polar surface area (TPSA) is 88.5 Å². The molecule has 0 saturated heterocycles. The van der Waals surface area contributed by atoms with Gasteiger partial charge in [-0.05, 0) is 6.07 Å². The van der Waals surface area contributed by atoms with Crippen molar-refractivity contribution in [1.82, 2.24) is 5.32 Å². The summed E-state index contributed by atoms with van der Waals surface area (Å²) in [5.41, 5.74) is 0. The van der Waals surface area contributed by atoms with Crippen LogP contribution < -0.4 is 5.32 Å². The predicted molar refractivity (Wildman–Crippen MR) is 49.1 cm³/mol. The number of alkyl halides is 2. The van der Waals surface area contributed by atoms with E-state index in [1.807, 2.05) is 0 Å². The van der Waals surface area contributed by atoms with Gasteiger partial charge in [-0.1, -0.05) is 0 Å². The van der Waals surface area contributed by atoms with Crippen LogP contribution in [-0.2, 0) is 6.54 Å². The molecule has 1 heterocycles. The Hall–Kier alpha value is -1.54. The summed E-state index contributed by atoms with van der Waals surface area (Å²) in [5, 5.41) is 21.5. The van der Waals surface area contributed by atoms with Crippen molar-refractivity contribution in [2.24, 2.45) is 0 Å². The fourth-order valence-electron chi connectivity index (χ4n) is 0.992. The van der Waals surface area contributed by atoms with E-state index in [2.05, 4.69) is 5.32 Å². The lowest BCUT2D eigenvalue weighted by molar-refractivity contribution is -0.402. The van der Waals surface area contributed by atoms with E-state index >= 15 is 0 Å². The SMILES string of the molecule is O=[N+]([O-])c1ccc(CNCC(O)C(F)F)o1. The van der Waals surface area contributed by atoms with Crippen molar-refractivity contribution >= 4 is 5.88 Å². The zero-order chi connectivity index (χ0) is 12.1. The minimum atomic E-state index is -2.82. The summed E-state index contributed by atoms with van der Waals surface area (Å²) in [7, 11) is 0. The van der Waals surface area contributed by atoms with Crippen LogP contribution in [0.2, 0.25) is 0 Å². The quantitative estimate of drug-likeness (QED) is 0.566. The third-order valence-electron chi connectivity index (χ3n) is 1.77. The van der Waals surface area contributed by atoms with Gasteiger partial charge in [-0.2, -0.15) is 0 Å². The number of furan rings is 1. The molecule has 0 spiro atoms. The Morgan fingerprint density at radius 2 is 2.25 bits per heavy atom. The summed E-state index contributed by atoms with van der Waals surface area (Å²) in [6.45, 7) is -0.274. The number of hydrogen-bond donors (Lipinski definition) is 2. The van der Waals surface area contributed by atoms with E-state index < -0.39 is 23.3 Å². The van der Waals surface area contributed by atoms with Crippen LogP contribution in [0.1, 0.15) is 5.76 Å². The Morgan fingerprint density at radius 3 is 2.75 bits per heavy atom. The summed E-state index contributed by atoms with van der Waals surface area (Å²) in [6.07, 6.45) is -4.58. The second kappa shape index (κ2) is 5.52. The molecule has 8 heteroatoms. The Morgan fingerprint density at radius 1 is 1.56 bits per heavy atom. The van der Waals surface area contributed by atoms with Crippen molar-refractivity contribution in [1.29, 1.82) is 0 Å². The first kappa shape index (κ1) is 12.5. The van der Waals surface area contributed by atoms with Crippen molar-refractivity contribution in [2.75, 3.05) is 6.54 Å². The molecule has 0 aliphatic carbocycles. The molecular formula is C8H10F2N2O4. The molecule has 0 amide bonds. The number of halogens is 2. The van der Waals surface area contributed by atoms with Gasteiger partial charge in [0, 0.05) is 6.54 Å². The molecule has 6 nitrogen and oxygen atoms in total. The number of hydrogen-bond acceptors (Lipinski definition) is 5. The maximum atomic E-state index is 11.9. The molecule has 1 aromatic heterocycles. The molecule has 2 N–H and O–H groups in total. The minimum Gasteiger partial charge on any atom is -0.404 e. The number of aliphatic hydroxyl groups excluding tert-OH is 1. The number of rotatable bonds is 6. The predicted octanol–water partition coefficient (Wildman–Crippen LogP) is 0.903. The molecule has 0 radical (unpaired) electrons. The molecule has 0 bridgehead atoms. The average molecular weight is 236 g/mol. The van der Waals surface area contributed by atoms with E-state index in [-0.39, 0.29) is 18.8 Å². The van der Waals surface area contributed by atoms with E-state index in [1.165, 1.54) is 12.1 Å². The summed E-state index contributed by atoms with van der Waals surface area (Å²) in [6, 6.07) is 2.53. The largest absolute Gasteiger partial charge is 0.433 e. The molecule has 16 heavy (non-hydrogen) atoms. The lowest BCUT2D eigenvalue weighted by Crippen LogP contribution is -2.31. The van der Waals surface area contributed by atoms with Gasteiger partial charge in [0.1, 0.15) is 16.8 Å². The maximum absolute atomic E-state index is 11.9. The average Bonchev–Trinajstić information content (AvgIpc) is 2.66. The molecule has 90 valence electrons. The second-order valence-corrected chi connectivity index (χ2v) is 3.03. The van der Waals surface area contributed by atoms with Gasteiger partial charge in [0.25, 0.3) is 6.43 Å². The van der Waals surface area contributed by atoms with Crippen LogP contribution in [0.5, 0.6) is 0 Å². The number of nitrogens with zero attached hydrogens (tertiary/aromatic N) is 1. The van der Waals surface area contributed by atoms with Gasteiger partial charge >= 0.3 is 5.88 Å². The van der Waals surface area contributed by atoms with E-state index in [0.29, 0.717) is 0 Å². The van der Waals surface area contributed by atoms with Crippen molar-refractivity contribution in [3.05, 3.63) is 28.0 Å². The van der Waals surface area contributed by atoms with Crippen LogP contribution in [0.4, 0.5) is 14.7 Å². The molecule has 0 fully saturated rings. The molecule has 0 aromatic carbocycles. The first-order valence-electron chi connectivity index (χ1n) is 4.40. The van der Waals surface area contributed by atoms with Crippen molar-refractivity contribution in [3.63, 3.8) is 0 Å². The zero-order valence-corrected chi connectivity index (χ0v) is 8.10. The highest BCUT2D eigenvalue weighted by atomic mass is 19.3.